The molecule has 0 aliphatic carbocycles. The lowest BCUT2D eigenvalue weighted by molar-refractivity contribution is -0.130. The molecule has 0 aromatic carbocycles. The SMILES string of the molecule is CCCCCC(O)OCC(O)CO. The molecule has 2 unspecified atom stereocenters. The summed E-state index contributed by atoms with van der Waals surface area (Å²) in [5, 5.41) is 26.5. The number of rotatable bonds is 8. The average molecular weight is 192 g/mol. The molecule has 0 rings (SSSR count). The molecule has 4 heteroatoms. The zero-order valence-corrected chi connectivity index (χ0v) is 8.15. The third kappa shape index (κ3) is 8.18. The normalized spacial score (nSPS) is 15.7. The molecule has 0 aromatic rings. The Hall–Kier alpha value is -0.160. The second-order valence-electron chi connectivity index (χ2n) is 3.12. The van der Waals surface area contributed by atoms with E-state index in [1.807, 2.05) is 0 Å². The molecule has 3 N–H and O–H groups in total. The number of hydrogen-bond donors (Lipinski definition) is 3. The molecule has 0 aromatic heterocycles. The highest BCUT2D eigenvalue weighted by Crippen LogP contribution is 2.04. The first-order chi connectivity index (χ1) is 6.20. The maximum Gasteiger partial charge on any atom is 0.154 e. The molecule has 0 bridgehead atoms. The third-order valence-electron chi connectivity index (χ3n) is 1.75. The van der Waals surface area contributed by atoms with E-state index in [1.54, 1.807) is 0 Å². The fourth-order valence-electron chi connectivity index (χ4n) is 0.927. The van der Waals surface area contributed by atoms with E-state index in [4.69, 9.17) is 14.9 Å². The zero-order chi connectivity index (χ0) is 10.1. The maximum atomic E-state index is 9.21. The molecule has 80 valence electrons. The highest BCUT2D eigenvalue weighted by Gasteiger charge is 2.07. The van der Waals surface area contributed by atoms with Gasteiger partial charge in [-0.05, 0) is 12.8 Å². The second kappa shape index (κ2) is 8.44. The van der Waals surface area contributed by atoms with Gasteiger partial charge in [0.1, 0.15) is 6.10 Å². The topological polar surface area (TPSA) is 69.9 Å². The molecule has 4 nitrogen and oxygen atoms in total. The van der Waals surface area contributed by atoms with E-state index in [0.29, 0.717) is 6.42 Å². The van der Waals surface area contributed by atoms with Crippen molar-refractivity contribution < 1.29 is 20.1 Å². The smallest absolute Gasteiger partial charge is 0.154 e. The first-order valence-corrected chi connectivity index (χ1v) is 4.79. The predicted octanol–water partition coefficient (Wildman–Crippen LogP) is 0.255. The number of ether oxygens (including phenoxy) is 1. The Morgan fingerprint density at radius 1 is 1.23 bits per heavy atom. The van der Waals surface area contributed by atoms with E-state index >= 15 is 0 Å². The molecule has 13 heavy (non-hydrogen) atoms. The van der Waals surface area contributed by atoms with Gasteiger partial charge in [-0.25, -0.2) is 0 Å². The molecule has 0 spiro atoms. The first-order valence-electron chi connectivity index (χ1n) is 4.79. The van der Waals surface area contributed by atoms with Crippen molar-refractivity contribution in [3.63, 3.8) is 0 Å². The maximum absolute atomic E-state index is 9.21. The summed E-state index contributed by atoms with van der Waals surface area (Å²) < 4.78 is 4.89. The highest BCUT2D eigenvalue weighted by molar-refractivity contribution is 4.51. The Kier molecular flexibility index (Phi) is 8.33. The zero-order valence-electron chi connectivity index (χ0n) is 8.15. The summed E-state index contributed by atoms with van der Waals surface area (Å²) in [5.74, 6) is 0. The molecule has 2 atom stereocenters. The fourth-order valence-corrected chi connectivity index (χ4v) is 0.927. The molecular formula is C9H20O4. The Bertz CT molecular complexity index is 108. The van der Waals surface area contributed by atoms with E-state index in [0.717, 1.165) is 19.3 Å². The van der Waals surface area contributed by atoms with Crippen LogP contribution in [0.25, 0.3) is 0 Å². The minimum absolute atomic E-state index is 0.0101. The van der Waals surface area contributed by atoms with Crippen LogP contribution < -0.4 is 0 Å². The van der Waals surface area contributed by atoms with Crippen molar-refractivity contribution in [3.8, 4) is 0 Å². The van der Waals surface area contributed by atoms with Crippen LogP contribution in [0.3, 0.4) is 0 Å². The highest BCUT2D eigenvalue weighted by atomic mass is 16.6. The van der Waals surface area contributed by atoms with Gasteiger partial charge in [-0.2, -0.15) is 0 Å². The molecule has 0 amide bonds. The van der Waals surface area contributed by atoms with Gasteiger partial charge in [-0.15, -0.1) is 0 Å². The van der Waals surface area contributed by atoms with E-state index in [2.05, 4.69) is 6.92 Å². The quantitative estimate of drug-likeness (QED) is 0.381. The molecule has 0 radical (unpaired) electrons. The second-order valence-corrected chi connectivity index (χ2v) is 3.12. The third-order valence-corrected chi connectivity index (χ3v) is 1.75. The van der Waals surface area contributed by atoms with Gasteiger partial charge in [0.25, 0.3) is 0 Å². The van der Waals surface area contributed by atoms with Gasteiger partial charge in [0, 0.05) is 0 Å². The van der Waals surface area contributed by atoms with E-state index in [9.17, 15) is 5.11 Å². The summed E-state index contributed by atoms with van der Waals surface area (Å²) in [6.07, 6.45) is 1.99. The Labute approximate surface area is 79.2 Å². The largest absolute Gasteiger partial charge is 0.394 e. The monoisotopic (exact) mass is 192 g/mol. The van der Waals surface area contributed by atoms with Gasteiger partial charge in [0.05, 0.1) is 13.2 Å². The van der Waals surface area contributed by atoms with Crippen LogP contribution in [0.1, 0.15) is 32.6 Å². The lowest BCUT2D eigenvalue weighted by Crippen LogP contribution is -2.24. The van der Waals surface area contributed by atoms with Crippen LogP contribution in [-0.4, -0.2) is 40.9 Å². The standard InChI is InChI=1S/C9H20O4/c1-2-3-4-5-9(12)13-7-8(11)6-10/h8-12H,2-7H2,1H3. The van der Waals surface area contributed by atoms with E-state index in [-0.39, 0.29) is 13.2 Å². The van der Waals surface area contributed by atoms with Gasteiger partial charge >= 0.3 is 0 Å². The van der Waals surface area contributed by atoms with E-state index < -0.39 is 12.4 Å². The van der Waals surface area contributed by atoms with Crippen molar-refractivity contribution in [1.29, 1.82) is 0 Å². The van der Waals surface area contributed by atoms with Crippen molar-refractivity contribution in [2.75, 3.05) is 13.2 Å². The molecule has 0 aliphatic rings. The minimum Gasteiger partial charge on any atom is -0.394 e. The van der Waals surface area contributed by atoms with Gasteiger partial charge in [-0.3, -0.25) is 0 Å². The van der Waals surface area contributed by atoms with Gasteiger partial charge < -0.3 is 20.1 Å². The summed E-state index contributed by atoms with van der Waals surface area (Å²) >= 11 is 0. The van der Waals surface area contributed by atoms with Crippen LogP contribution in [0.4, 0.5) is 0 Å². The number of unbranched alkanes of at least 4 members (excludes halogenated alkanes) is 2. The van der Waals surface area contributed by atoms with Crippen molar-refractivity contribution >= 4 is 0 Å². The Morgan fingerprint density at radius 3 is 2.46 bits per heavy atom. The lowest BCUT2D eigenvalue weighted by atomic mass is 10.2. The van der Waals surface area contributed by atoms with Crippen molar-refractivity contribution in [1.82, 2.24) is 0 Å². The van der Waals surface area contributed by atoms with Crippen LogP contribution in [0.2, 0.25) is 0 Å². The summed E-state index contributed by atoms with van der Waals surface area (Å²) in [6, 6.07) is 0. The van der Waals surface area contributed by atoms with Crippen LogP contribution >= 0.6 is 0 Å². The summed E-state index contributed by atoms with van der Waals surface area (Å²) in [7, 11) is 0. The molecule has 0 saturated heterocycles. The Morgan fingerprint density at radius 2 is 1.92 bits per heavy atom. The molecular weight excluding hydrogens is 172 g/mol. The number of aliphatic hydroxyl groups is 3. The number of hydrogen-bond acceptors (Lipinski definition) is 4. The lowest BCUT2D eigenvalue weighted by Gasteiger charge is -2.13. The van der Waals surface area contributed by atoms with Crippen LogP contribution in [0.15, 0.2) is 0 Å². The van der Waals surface area contributed by atoms with Crippen LogP contribution in [0, 0.1) is 0 Å². The summed E-state index contributed by atoms with van der Waals surface area (Å²) in [6.45, 7) is 1.74. The number of aliphatic hydroxyl groups excluding tert-OH is 3. The van der Waals surface area contributed by atoms with Gasteiger partial charge in [0.2, 0.25) is 0 Å². The summed E-state index contributed by atoms with van der Waals surface area (Å²) in [5.41, 5.74) is 0. The Balaban J connectivity index is 3.24. The molecule has 0 saturated carbocycles. The summed E-state index contributed by atoms with van der Waals surface area (Å²) in [4.78, 5) is 0. The van der Waals surface area contributed by atoms with Crippen molar-refractivity contribution in [2.45, 2.75) is 45.0 Å². The predicted molar refractivity (Wildman–Crippen MR) is 49.2 cm³/mol. The fraction of sp³-hybridized carbons (Fsp3) is 1.00. The molecule has 0 fully saturated rings. The average Bonchev–Trinajstić information content (AvgIpc) is 2.14. The van der Waals surface area contributed by atoms with Gasteiger partial charge in [0.15, 0.2) is 6.29 Å². The first kappa shape index (κ1) is 12.8. The van der Waals surface area contributed by atoms with Gasteiger partial charge in [-0.1, -0.05) is 19.8 Å². The molecule has 0 heterocycles. The van der Waals surface area contributed by atoms with Crippen molar-refractivity contribution in [3.05, 3.63) is 0 Å². The minimum atomic E-state index is -0.888. The van der Waals surface area contributed by atoms with Crippen molar-refractivity contribution in [2.24, 2.45) is 0 Å². The van der Waals surface area contributed by atoms with E-state index in [1.165, 1.54) is 0 Å². The van der Waals surface area contributed by atoms with Crippen LogP contribution in [0.5, 0.6) is 0 Å². The van der Waals surface area contributed by atoms with Crippen LogP contribution in [-0.2, 0) is 4.74 Å². The molecule has 0 aliphatic heterocycles.